The number of aromatic nitrogens is 3. The van der Waals surface area contributed by atoms with Gasteiger partial charge in [0.1, 0.15) is 11.5 Å². The molecular weight excluding hydrogens is 461 g/mol. The fourth-order valence-electron chi connectivity index (χ4n) is 5.09. The minimum atomic E-state index is -0.410. The molecule has 1 fully saturated rings. The number of hydrogen-bond acceptors (Lipinski definition) is 5. The van der Waals surface area contributed by atoms with Gasteiger partial charge in [-0.15, -0.1) is 0 Å². The molecule has 1 N–H and O–H groups in total. The zero-order valence-corrected chi connectivity index (χ0v) is 21.4. The van der Waals surface area contributed by atoms with E-state index in [1.165, 1.54) is 23.7 Å². The molecule has 1 aliphatic heterocycles. The van der Waals surface area contributed by atoms with E-state index in [-0.39, 0.29) is 17.3 Å². The predicted octanol–water partition coefficient (Wildman–Crippen LogP) is 2.35. The summed E-state index contributed by atoms with van der Waals surface area (Å²) in [7, 11) is 3.07. The molecule has 1 aromatic carbocycles. The number of amides is 1. The third-order valence-corrected chi connectivity index (χ3v) is 7.39. The Labute approximate surface area is 209 Å². The molecule has 0 unspecified atom stereocenters. The highest BCUT2D eigenvalue weighted by Crippen LogP contribution is 2.21. The first-order valence-electron chi connectivity index (χ1n) is 12.4. The number of nitrogens with one attached hydrogen (secondary N) is 1. The monoisotopic (exact) mass is 495 g/mol. The van der Waals surface area contributed by atoms with Crippen molar-refractivity contribution in [3.05, 3.63) is 73.3 Å². The Bertz CT molecular complexity index is 1390. The highest BCUT2D eigenvalue weighted by molar-refractivity contribution is 5.80. The number of carbonyl (C=O) groups is 1. The normalized spacial score (nSPS) is 14.9. The smallest absolute Gasteiger partial charge is 0.332 e. The summed E-state index contributed by atoms with van der Waals surface area (Å²) in [5.74, 6) is 0.205. The molecule has 8 nitrogen and oxygen atoms in total. The van der Waals surface area contributed by atoms with Crippen LogP contribution in [-0.4, -0.2) is 44.6 Å². The van der Waals surface area contributed by atoms with E-state index in [1.807, 2.05) is 26.0 Å². The van der Waals surface area contributed by atoms with Gasteiger partial charge in [0.15, 0.2) is 0 Å². The van der Waals surface area contributed by atoms with E-state index in [2.05, 4.69) is 15.2 Å². The quantitative estimate of drug-likeness (QED) is 0.544. The van der Waals surface area contributed by atoms with Gasteiger partial charge in [0.25, 0.3) is 5.56 Å². The van der Waals surface area contributed by atoms with Gasteiger partial charge in [-0.05, 0) is 80.9 Å². The fraction of sp³-hybridized carbons (Fsp3) is 0.481. The SMILES string of the molecule is Cc1nc2c(c(C)c1CCC(=O)NCC1CCN(Cc3ccc(F)cc3)CC1)c(=O)n(C)c(=O)n2C. The van der Waals surface area contributed by atoms with E-state index in [4.69, 9.17) is 0 Å². The first kappa shape index (κ1) is 25.8. The Morgan fingerprint density at radius 1 is 1.08 bits per heavy atom. The van der Waals surface area contributed by atoms with Crippen LogP contribution in [0.15, 0.2) is 33.9 Å². The molecule has 1 amide bonds. The van der Waals surface area contributed by atoms with Gasteiger partial charge in [0, 0.05) is 39.3 Å². The number of pyridine rings is 1. The van der Waals surface area contributed by atoms with Crippen molar-refractivity contribution in [1.82, 2.24) is 24.3 Å². The van der Waals surface area contributed by atoms with Crippen LogP contribution in [0, 0.1) is 25.6 Å². The Hall–Kier alpha value is -3.33. The van der Waals surface area contributed by atoms with Gasteiger partial charge in [-0.2, -0.15) is 0 Å². The maximum absolute atomic E-state index is 13.1. The van der Waals surface area contributed by atoms with Crippen LogP contribution in [0.5, 0.6) is 0 Å². The zero-order chi connectivity index (χ0) is 26.0. The summed E-state index contributed by atoms with van der Waals surface area (Å²) < 4.78 is 15.6. The Balaban J connectivity index is 1.30. The number of piperidine rings is 1. The topological polar surface area (TPSA) is 89.2 Å². The highest BCUT2D eigenvalue weighted by atomic mass is 19.1. The van der Waals surface area contributed by atoms with E-state index in [9.17, 15) is 18.8 Å². The molecule has 9 heteroatoms. The molecule has 4 rings (SSSR count). The number of carbonyl (C=O) groups excluding carboxylic acids is 1. The van der Waals surface area contributed by atoms with Crippen LogP contribution in [-0.2, 0) is 31.9 Å². The van der Waals surface area contributed by atoms with Crippen LogP contribution >= 0.6 is 0 Å². The lowest BCUT2D eigenvalue weighted by atomic mass is 9.96. The number of rotatable bonds is 7. The minimum Gasteiger partial charge on any atom is -0.356 e. The summed E-state index contributed by atoms with van der Waals surface area (Å²) in [6.45, 7) is 7.08. The van der Waals surface area contributed by atoms with Crippen LogP contribution in [0.25, 0.3) is 11.0 Å². The molecule has 2 aromatic heterocycles. The van der Waals surface area contributed by atoms with Crippen LogP contribution in [0.4, 0.5) is 4.39 Å². The molecule has 1 aliphatic rings. The van der Waals surface area contributed by atoms with Crippen molar-refractivity contribution in [2.45, 2.75) is 46.1 Å². The van der Waals surface area contributed by atoms with Crippen LogP contribution in [0.2, 0.25) is 0 Å². The van der Waals surface area contributed by atoms with Crippen molar-refractivity contribution in [3.63, 3.8) is 0 Å². The lowest BCUT2D eigenvalue weighted by Gasteiger charge is -2.32. The second kappa shape index (κ2) is 10.7. The molecule has 0 saturated carbocycles. The van der Waals surface area contributed by atoms with Gasteiger partial charge in [0.05, 0.1) is 5.39 Å². The Morgan fingerprint density at radius 2 is 1.75 bits per heavy atom. The number of likely N-dealkylation sites (tertiary alicyclic amines) is 1. The third kappa shape index (κ3) is 5.41. The number of benzene rings is 1. The summed E-state index contributed by atoms with van der Waals surface area (Å²) in [6, 6.07) is 6.65. The summed E-state index contributed by atoms with van der Waals surface area (Å²) in [4.78, 5) is 44.5. The summed E-state index contributed by atoms with van der Waals surface area (Å²) in [6.07, 6.45) is 2.81. The summed E-state index contributed by atoms with van der Waals surface area (Å²) >= 11 is 0. The molecule has 1 saturated heterocycles. The average molecular weight is 496 g/mol. The first-order chi connectivity index (χ1) is 17.2. The molecule has 0 spiro atoms. The Morgan fingerprint density at radius 3 is 2.42 bits per heavy atom. The summed E-state index contributed by atoms with van der Waals surface area (Å²) in [5.41, 5.74) is 3.08. The van der Waals surface area contributed by atoms with E-state index < -0.39 is 5.69 Å². The van der Waals surface area contributed by atoms with E-state index in [0.717, 1.165) is 59.4 Å². The standard InChI is InChI=1S/C27H34FN5O3/c1-17-22(18(2)30-25-24(17)26(35)32(4)27(36)31(25)3)9-10-23(34)29-15-19-11-13-33(14-12-19)16-20-5-7-21(28)8-6-20/h5-8,19H,9-16H2,1-4H3,(H,29,34). The fourth-order valence-corrected chi connectivity index (χ4v) is 5.09. The number of nitrogens with zero attached hydrogens (tertiary/aromatic N) is 4. The third-order valence-electron chi connectivity index (χ3n) is 7.39. The van der Waals surface area contributed by atoms with Gasteiger partial charge >= 0.3 is 5.69 Å². The molecule has 0 bridgehead atoms. The number of halogens is 1. The average Bonchev–Trinajstić information content (AvgIpc) is 2.86. The van der Waals surface area contributed by atoms with Crippen molar-refractivity contribution >= 4 is 16.9 Å². The molecule has 3 heterocycles. The Kier molecular flexibility index (Phi) is 7.68. The number of aryl methyl sites for hydroxylation is 3. The maximum atomic E-state index is 13.1. The maximum Gasteiger partial charge on any atom is 0.332 e. The van der Waals surface area contributed by atoms with E-state index in [1.54, 1.807) is 7.05 Å². The molecule has 3 aromatic rings. The molecule has 192 valence electrons. The number of hydrogen-bond donors (Lipinski definition) is 1. The van der Waals surface area contributed by atoms with Gasteiger partial charge in [0.2, 0.25) is 5.91 Å². The lowest BCUT2D eigenvalue weighted by molar-refractivity contribution is -0.121. The van der Waals surface area contributed by atoms with Crippen LogP contribution < -0.4 is 16.6 Å². The van der Waals surface area contributed by atoms with E-state index >= 15 is 0 Å². The molecule has 0 radical (unpaired) electrons. The first-order valence-corrected chi connectivity index (χ1v) is 12.4. The largest absolute Gasteiger partial charge is 0.356 e. The lowest BCUT2D eigenvalue weighted by Crippen LogP contribution is -2.38. The van der Waals surface area contributed by atoms with Crippen molar-refractivity contribution in [2.75, 3.05) is 19.6 Å². The second-order valence-electron chi connectivity index (χ2n) is 9.86. The zero-order valence-electron chi connectivity index (χ0n) is 21.4. The number of fused-ring (bicyclic) bond motifs is 1. The van der Waals surface area contributed by atoms with Gasteiger partial charge in [-0.1, -0.05) is 12.1 Å². The molecule has 0 atom stereocenters. The minimum absolute atomic E-state index is 0.0176. The summed E-state index contributed by atoms with van der Waals surface area (Å²) in [5, 5.41) is 3.50. The second-order valence-corrected chi connectivity index (χ2v) is 9.86. The van der Waals surface area contributed by atoms with Crippen molar-refractivity contribution < 1.29 is 9.18 Å². The van der Waals surface area contributed by atoms with E-state index in [0.29, 0.717) is 36.3 Å². The van der Waals surface area contributed by atoms with Gasteiger partial charge in [-0.25, -0.2) is 14.2 Å². The van der Waals surface area contributed by atoms with Gasteiger partial charge in [-0.3, -0.25) is 23.6 Å². The predicted molar refractivity (Wildman–Crippen MR) is 137 cm³/mol. The van der Waals surface area contributed by atoms with Crippen LogP contribution in [0.1, 0.15) is 41.6 Å². The van der Waals surface area contributed by atoms with Crippen molar-refractivity contribution in [2.24, 2.45) is 20.0 Å². The molecule has 0 aliphatic carbocycles. The van der Waals surface area contributed by atoms with Gasteiger partial charge < -0.3 is 5.32 Å². The molecular formula is C27H34FN5O3. The highest BCUT2D eigenvalue weighted by Gasteiger charge is 2.21. The van der Waals surface area contributed by atoms with Crippen molar-refractivity contribution in [1.29, 1.82) is 0 Å². The molecule has 36 heavy (non-hydrogen) atoms. The van der Waals surface area contributed by atoms with Crippen LogP contribution in [0.3, 0.4) is 0 Å². The van der Waals surface area contributed by atoms with Crippen molar-refractivity contribution in [3.8, 4) is 0 Å².